The van der Waals surface area contributed by atoms with Crippen LogP contribution in [0.2, 0.25) is 0 Å². The number of nitrogens with two attached hydrogens (primary N) is 1. The summed E-state index contributed by atoms with van der Waals surface area (Å²) in [6.07, 6.45) is 4.74. The van der Waals surface area contributed by atoms with Gasteiger partial charge in [-0.05, 0) is 31.2 Å². The number of fused-ring (bicyclic) bond motifs is 3. The Balaban J connectivity index is 1.38. The number of likely N-dealkylation sites (tertiary alicyclic amines) is 1. The van der Waals surface area contributed by atoms with Gasteiger partial charge in [-0.25, -0.2) is 9.97 Å². The number of hydrogen-bond donors (Lipinski definition) is 1. The van der Waals surface area contributed by atoms with Gasteiger partial charge in [-0.15, -0.1) is 0 Å². The van der Waals surface area contributed by atoms with Crippen molar-refractivity contribution < 1.29 is 18.3 Å². The van der Waals surface area contributed by atoms with Crippen LogP contribution in [0.3, 0.4) is 0 Å². The fraction of sp³-hybridized carbons (Fsp3) is 0.545. The van der Waals surface area contributed by atoms with E-state index in [2.05, 4.69) is 19.5 Å². The van der Waals surface area contributed by atoms with Crippen LogP contribution in [-0.4, -0.2) is 70.1 Å². The zero-order chi connectivity index (χ0) is 22.9. The second-order valence-electron chi connectivity index (χ2n) is 9.41. The molecule has 0 spiro atoms. The third kappa shape index (κ3) is 3.41. The number of halogens is 2. The molecule has 1 amide bonds. The molecule has 2 aromatic rings. The van der Waals surface area contributed by atoms with Crippen molar-refractivity contribution in [3.8, 4) is 17.0 Å². The van der Waals surface area contributed by atoms with E-state index in [0.717, 1.165) is 31.6 Å². The van der Waals surface area contributed by atoms with E-state index in [4.69, 9.17) is 15.7 Å². The van der Waals surface area contributed by atoms with Crippen molar-refractivity contribution in [1.82, 2.24) is 19.9 Å². The van der Waals surface area contributed by atoms with Crippen LogP contribution in [0.15, 0.2) is 18.3 Å². The molecule has 1 saturated carbocycles. The Bertz CT molecular complexity index is 1110. The molecular formula is C22H25F2N7O2. The smallest absolute Gasteiger partial charge is 0.387 e. The van der Waals surface area contributed by atoms with E-state index in [-0.39, 0.29) is 29.6 Å². The lowest BCUT2D eigenvalue weighted by molar-refractivity contribution is -0.129. The fourth-order valence-electron chi connectivity index (χ4n) is 5.74. The SMILES string of the molecule is CC(=O)N1C[C@@H]2C[C@H]1CN2c1cc(-c2cnc(N)c(OC(F)F)c2)nc(N2CC3CC2C3)n1. The molecule has 0 aromatic carbocycles. The number of piperazine rings is 1. The van der Waals surface area contributed by atoms with Gasteiger partial charge in [0, 0.05) is 50.4 Å². The molecule has 6 heterocycles. The number of anilines is 3. The largest absolute Gasteiger partial charge is 0.431 e. The zero-order valence-electron chi connectivity index (χ0n) is 18.2. The molecule has 7 rings (SSSR count). The second-order valence-corrected chi connectivity index (χ2v) is 9.41. The summed E-state index contributed by atoms with van der Waals surface area (Å²) in [6, 6.07) is 4.13. The third-order valence-electron chi connectivity index (χ3n) is 7.40. The van der Waals surface area contributed by atoms with Crippen molar-refractivity contribution in [2.75, 3.05) is 35.2 Å². The number of carbonyl (C=O) groups excluding carboxylic acids is 1. The minimum absolute atomic E-state index is 0.0996. The van der Waals surface area contributed by atoms with Crippen LogP contribution in [0.4, 0.5) is 26.4 Å². The summed E-state index contributed by atoms with van der Waals surface area (Å²) in [5.74, 6) is 1.93. The lowest BCUT2D eigenvalue weighted by atomic mass is 9.86. The quantitative estimate of drug-likeness (QED) is 0.729. The number of ether oxygens (including phenoxy) is 1. The van der Waals surface area contributed by atoms with E-state index < -0.39 is 6.61 Å². The Hall–Kier alpha value is -3.24. The Morgan fingerprint density at radius 2 is 1.91 bits per heavy atom. The van der Waals surface area contributed by atoms with Gasteiger partial charge in [-0.1, -0.05) is 0 Å². The lowest BCUT2D eigenvalue weighted by Crippen LogP contribution is -2.48. The molecular weight excluding hydrogens is 432 g/mol. The summed E-state index contributed by atoms with van der Waals surface area (Å²) in [4.78, 5) is 32.1. The molecule has 2 aromatic heterocycles. The molecule has 1 aliphatic carbocycles. The number of hydrogen-bond acceptors (Lipinski definition) is 8. The average molecular weight is 457 g/mol. The Morgan fingerprint density at radius 1 is 1.09 bits per heavy atom. The van der Waals surface area contributed by atoms with Crippen LogP contribution in [0.25, 0.3) is 11.3 Å². The van der Waals surface area contributed by atoms with Crippen LogP contribution >= 0.6 is 0 Å². The van der Waals surface area contributed by atoms with Crippen molar-refractivity contribution in [2.24, 2.45) is 5.92 Å². The topological polar surface area (TPSA) is 101 Å². The van der Waals surface area contributed by atoms with Gasteiger partial charge in [0.2, 0.25) is 11.9 Å². The fourth-order valence-corrected chi connectivity index (χ4v) is 5.74. The molecule has 0 radical (unpaired) electrons. The normalized spacial score (nSPS) is 27.5. The maximum Gasteiger partial charge on any atom is 0.387 e. The summed E-state index contributed by atoms with van der Waals surface area (Å²) >= 11 is 0. The Labute approximate surface area is 189 Å². The van der Waals surface area contributed by atoms with Gasteiger partial charge in [-0.2, -0.15) is 13.8 Å². The van der Waals surface area contributed by atoms with Crippen molar-refractivity contribution in [1.29, 1.82) is 0 Å². The van der Waals surface area contributed by atoms with Crippen molar-refractivity contribution in [2.45, 2.75) is 50.9 Å². The number of rotatable bonds is 5. The number of nitrogens with zero attached hydrogens (tertiary/aromatic N) is 6. The molecule has 5 fully saturated rings. The molecule has 2 N–H and O–H groups in total. The van der Waals surface area contributed by atoms with E-state index in [1.54, 1.807) is 6.92 Å². The average Bonchev–Trinajstić information content (AvgIpc) is 3.53. The van der Waals surface area contributed by atoms with Crippen LogP contribution < -0.4 is 20.3 Å². The zero-order valence-corrected chi connectivity index (χ0v) is 18.2. The summed E-state index contributed by atoms with van der Waals surface area (Å²) in [5.41, 5.74) is 6.84. The highest BCUT2D eigenvalue weighted by molar-refractivity contribution is 5.75. The predicted octanol–water partition coefficient (Wildman–Crippen LogP) is 2.13. The van der Waals surface area contributed by atoms with Gasteiger partial charge in [0.25, 0.3) is 0 Å². The molecule has 33 heavy (non-hydrogen) atoms. The van der Waals surface area contributed by atoms with Gasteiger partial charge in [0.15, 0.2) is 11.6 Å². The molecule has 11 heteroatoms. The van der Waals surface area contributed by atoms with Gasteiger partial charge in [0.05, 0.1) is 17.8 Å². The van der Waals surface area contributed by atoms with Gasteiger partial charge in [-0.3, -0.25) is 4.79 Å². The first-order valence-corrected chi connectivity index (χ1v) is 11.3. The van der Waals surface area contributed by atoms with Crippen molar-refractivity contribution >= 4 is 23.5 Å². The number of nitrogen functional groups attached to an aromatic ring is 1. The van der Waals surface area contributed by atoms with Crippen LogP contribution in [0.1, 0.15) is 26.2 Å². The van der Waals surface area contributed by atoms with Crippen LogP contribution in [0.5, 0.6) is 5.75 Å². The summed E-state index contributed by atoms with van der Waals surface area (Å²) < 4.78 is 30.2. The first-order chi connectivity index (χ1) is 15.9. The van der Waals surface area contributed by atoms with Crippen LogP contribution in [-0.2, 0) is 4.79 Å². The molecule has 4 aliphatic heterocycles. The first kappa shape index (κ1) is 20.4. The molecule has 174 valence electrons. The van der Waals surface area contributed by atoms with Crippen LogP contribution in [0, 0.1) is 5.92 Å². The van der Waals surface area contributed by atoms with E-state index in [1.807, 2.05) is 11.0 Å². The maximum atomic E-state index is 12.8. The van der Waals surface area contributed by atoms with Gasteiger partial charge < -0.3 is 25.2 Å². The van der Waals surface area contributed by atoms with E-state index in [1.165, 1.54) is 12.3 Å². The third-order valence-corrected chi connectivity index (χ3v) is 7.40. The Kier molecular flexibility index (Phi) is 4.56. The van der Waals surface area contributed by atoms with Crippen molar-refractivity contribution in [3.63, 3.8) is 0 Å². The molecule has 0 unspecified atom stereocenters. The minimum atomic E-state index is -3.00. The van der Waals surface area contributed by atoms with E-state index in [0.29, 0.717) is 42.3 Å². The highest BCUT2D eigenvalue weighted by Gasteiger charge is 2.46. The minimum Gasteiger partial charge on any atom is -0.431 e. The molecule has 2 atom stereocenters. The van der Waals surface area contributed by atoms with Crippen molar-refractivity contribution in [3.05, 3.63) is 18.3 Å². The highest BCUT2D eigenvalue weighted by atomic mass is 19.3. The number of carbonyl (C=O) groups is 1. The highest BCUT2D eigenvalue weighted by Crippen LogP contribution is 2.43. The molecule has 4 bridgehead atoms. The summed E-state index contributed by atoms with van der Waals surface area (Å²) in [6.45, 7) is 0.933. The summed E-state index contributed by atoms with van der Waals surface area (Å²) in [7, 11) is 0. The number of pyridine rings is 1. The Morgan fingerprint density at radius 3 is 2.55 bits per heavy atom. The lowest BCUT2D eigenvalue weighted by Gasteiger charge is -2.35. The number of aromatic nitrogens is 3. The maximum absolute atomic E-state index is 12.8. The second kappa shape index (κ2) is 7.39. The monoisotopic (exact) mass is 457 g/mol. The number of amides is 1. The standard InChI is InChI=1S/C22H25F2N7O2/c1-11(32)29-9-16-5-15(29)10-30(16)19-6-17(13-4-18(33-21(23)24)20(25)26-7-13)27-22(28-19)31-8-12-2-14(31)3-12/h4,6-7,12,14-16,21H,2-3,5,8-10H2,1H3,(H2,25,26)/t12?,14?,15-,16-/m0/s1. The number of alkyl halides is 2. The molecule has 4 saturated heterocycles. The first-order valence-electron chi connectivity index (χ1n) is 11.3. The summed E-state index contributed by atoms with van der Waals surface area (Å²) in [5, 5.41) is 0. The van der Waals surface area contributed by atoms with E-state index >= 15 is 0 Å². The molecule has 9 nitrogen and oxygen atoms in total. The van der Waals surface area contributed by atoms with E-state index in [9.17, 15) is 13.6 Å². The molecule has 5 aliphatic rings. The predicted molar refractivity (Wildman–Crippen MR) is 117 cm³/mol. The van der Waals surface area contributed by atoms with Gasteiger partial charge in [0.1, 0.15) is 5.82 Å². The van der Waals surface area contributed by atoms with Gasteiger partial charge >= 0.3 is 6.61 Å².